The second-order valence-corrected chi connectivity index (χ2v) is 8.17. The summed E-state index contributed by atoms with van der Waals surface area (Å²) < 4.78 is 26.8. The molecule has 1 heterocycles. The molecular weight excluding hydrogens is 412 g/mol. The molecule has 0 saturated carbocycles. The molecule has 0 aliphatic heterocycles. The van der Waals surface area contributed by atoms with Crippen LogP contribution in [-0.2, 0) is 19.7 Å². The van der Waals surface area contributed by atoms with Gasteiger partial charge >= 0.3 is 5.97 Å². The van der Waals surface area contributed by atoms with Crippen LogP contribution in [-0.4, -0.2) is 32.4 Å². The molecule has 0 bridgehead atoms. The maximum Gasteiger partial charge on any atom is 0.344 e. The first-order valence-electron chi connectivity index (χ1n) is 10.5. The Morgan fingerprint density at radius 3 is 2.41 bits per heavy atom. The zero-order valence-electron chi connectivity index (χ0n) is 18.8. The topological polar surface area (TPSA) is 84.2 Å². The molecule has 3 rings (SSSR count). The van der Waals surface area contributed by atoms with Crippen LogP contribution in [0.2, 0.25) is 0 Å². The Labute approximate surface area is 186 Å². The third-order valence-electron chi connectivity index (χ3n) is 4.71. The third-order valence-corrected chi connectivity index (χ3v) is 4.71. The zero-order valence-corrected chi connectivity index (χ0v) is 18.8. The fraction of sp³-hybridized carbons (Fsp3) is 0.360. The van der Waals surface area contributed by atoms with Crippen molar-refractivity contribution in [3.63, 3.8) is 0 Å². The number of fused-ring (bicyclic) bond motifs is 1. The van der Waals surface area contributed by atoms with Crippen molar-refractivity contribution in [3.05, 3.63) is 64.5 Å². The van der Waals surface area contributed by atoms with Gasteiger partial charge in [-0.3, -0.25) is 4.79 Å². The van der Waals surface area contributed by atoms with Gasteiger partial charge < -0.3 is 23.4 Å². The highest BCUT2D eigenvalue weighted by molar-refractivity contribution is 5.79. The first-order chi connectivity index (χ1) is 15.3. The monoisotopic (exact) mass is 440 g/mol. The van der Waals surface area contributed by atoms with Crippen molar-refractivity contribution in [2.75, 3.05) is 26.4 Å². The number of rotatable bonds is 9. The first-order valence-corrected chi connectivity index (χ1v) is 10.5. The summed E-state index contributed by atoms with van der Waals surface area (Å²) >= 11 is 0. The second-order valence-electron chi connectivity index (χ2n) is 8.17. The number of esters is 1. The quantitative estimate of drug-likeness (QED) is 0.348. The average molecular weight is 440 g/mol. The lowest BCUT2D eigenvalue weighted by Gasteiger charge is -2.19. The second kappa shape index (κ2) is 10.3. The van der Waals surface area contributed by atoms with Crippen molar-refractivity contribution >= 4 is 16.9 Å². The van der Waals surface area contributed by atoms with Crippen molar-refractivity contribution in [2.24, 2.45) is 0 Å². The van der Waals surface area contributed by atoms with E-state index in [-0.39, 0.29) is 29.8 Å². The number of ether oxygens (including phenoxy) is 4. The summed E-state index contributed by atoms with van der Waals surface area (Å²) in [6.45, 7) is 9.07. The molecule has 0 spiro atoms. The van der Waals surface area contributed by atoms with Crippen LogP contribution in [0.3, 0.4) is 0 Å². The molecule has 7 heteroatoms. The summed E-state index contributed by atoms with van der Waals surface area (Å²) in [5.41, 5.74) is 1.22. The zero-order chi connectivity index (χ0) is 23.1. The Kier molecular flexibility index (Phi) is 7.53. The number of benzene rings is 2. The predicted octanol–water partition coefficient (Wildman–Crippen LogP) is 4.84. The smallest absolute Gasteiger partial charge is 0.344 e. The Balaban J connectivity index is 1.66. The van der Waals surface area contributed by atoms with Crippen LogP contribution in [0.4, 0.5) is 0 Å². The molecule has 0 aliphatic rings. The van der Waals surface area contributed by atoms with Gasteiger partial charge in [0.05, 0.1) is 12.0 Å². The molecule has 0 aliphatic carbocycles. The van der Waals surface area contributed by atoms with Gasteiger partial charge in [-0.25, -0.2) is 4.79 Å². The third kappa shape index (κ3) is 6.11. The van der Waals surface area contributed by atoms with Gasteiger partial charge in [0.25, 0.3) is 0 Å². The van der Waals surface area contributed by atoms with Gasteiger partial charge in [0.1, 0.15) is 30.0 Å². The first kappa shape index (κ1) is 23.3. The molecule has 0 atom stereocenters. The van der Waals surface area contributed by atoms with Gasteiger partial charge in [0.15, 0.2) is 6.61 Å². The Morgan fingerprint density at radius 1 is 1.00 bits per heavy atom. The van der Waals surface area contributed by atoms with E-state index < -0.39 is 5.97 Å². The van der Waals surface area contributed by atoms with Crippen molar-refractivity contribution in [3.8, 4) is 17.2 Å². The molecule has 2 aromatic carbocycles. The molecule has 0 fully saturated rings. The highest BCUT2D eigenvalue weighted by Gasteiger charge is 2.14. The summed E-state index contributed by atoms with van der Waals surface area (Å²) in [5.74, 6) is 0.515. The maximum absolute atomic E-state index is 12.8. The summed E-state index contributed by atoms with van der Waals surface area (Å²) in [4.78, 5) is 24.5. The minimum atomic E-state index is -0.507. The van der Waals surface area contributed by atoms with Crippen molar-refractivity contribution < 1.29 is 28.2 Å². The Bertz CT molecular complexity index is 1110. The van der Waals surface area contributed by atoms with Crippen LogP contribution >= 0.6 is 0 Å². The number of hydrogen-bond acceptors (Lipinski definition) is 7. The van der Waals surface area contributed by atoms with Gasteiger partial charge in [0, 0.05) is 12.7 Å². The van der Waals surface area contributed by atoms with Crippen LogP contribution in [0.5, 0.6) is 17.2 Å². The van der Waals surface area contributed by atoms with Gasteiger partial charge in [-0.1, -0.05) is 32.9 Å². The van der Waals surface area contributed by atoms with E-state index in [4.69, 9.17) is 23.4 Å². The predicted molar refractivity (Wildman–Crippen MR) is 121 cm³/mol. The minimum Gasteiger partial charge on any atom is -0.482 e. The normalized spacial score (nSPS) is 11.4. The average Bonchev–Trinajstić information content (AvgIpc) is 2.77. The number of carbonyl (C=O) groups excluding carboxylic acids is 1. The lowest BCUT2D eigenvalue weighted by atomic mass is 9.87. The molecule has 170 valence electrons. The van der Waals surface area contributed by atoms with Gasteiger partial charge in [-0.15, -0.1) is 0 Å². The molecule has 0 unspecified atom stereocenters. The summed E-state index contributed by atoms with van der Waals surface area (Å²) in [6.07, 6.45) is 1.27. The standard InChI is InChI=1S/C25H28O7/c1-5-28-12-13-29-23(26)16-30-19-10-11-20-21(14-19)31-15-22(24(20)27)32-18-8-6-17(7-9-18)25(2,3)4/h6-11,14-15H,5,12-13,16H2,1-4H3. The number of hydrogen-bond donors (Lipinski definition) is 0. The van der Waals surface area contributed by atoms with Crippen molar-refractivity contribution in [1.29, 1.82) is 0 Å². The van der Waals surface area contributed by atoms with Gasteiger partial charge in [0.2, 0.25) is 11.2 Å². The fourth-order valence-electron chi connectivity index (χ4n) is 2.94. The highest BCUT2D eigenvalue weighted by atomic mass is 16.6. The summed E-state index contributed by atoms with van der Waals surface area (Å²) in [5, 5.41) is 0.348. The molecule has 1 aromatic heterocycles. The molecule has 0 amide bonds. The Hall–Kier alpha value is -3.32. The molecule has 0 radical (unpaired) electrons. The van der Waals surface area contributed by atoms with E-state index in [0.717, 1.165) is 0 Å². The summed E-state index contributed by atoms with van der Waals surface area (Å²) in [7, 11) is 0. The summed E-state index contributed by atoms with van der Waals surface area (Å²) in [6, 6.07) is 12.3. The number of carbonyl (C=O) groups is 1. The lowest BCUT2D eigenvalue weighted by Crippen LogP contribution is -2.17. The van der Waals surface area contributed by atoms with Gasteiger partial charge in [-0.05, 0) is 42.2 Å². The van der Waals surface area contributed by atoms with Crippen LogP contribution < -0.4 is 14.9 Å². The van der Waals surface area contributed by atoms with E-state index in [1.54, 1.807) is 18.2 Å². The molecular formula is C25H28O7. The van der Waals surface area contributed by atoms with Crippen LogP contribution in [0.25, 0.3) is 11.0 Å². The maximum atomic E-state index is 12.8. The van der Waals surface area contributed by atoms with Gasteiger partial charge in [-0.2, -0.15) is 0 Å². The van der Waals surface area contributed by atoms with E-state index in [9.17, 15) is 9.59 Å². The fourth-order valence-corrected chi connectivity index (χ4v) is 2.94. The van der Waals surface area contributed by atoms with E-state index in [1.165, 1.54) is 11.8 Å². The van der Waals surface area contributed by atoms with Crippen LogP contribution in [0.15, 0.2) is 57.9 Å². The van der Waals surface area contributed by atoms with E-state index in [2.05, 4.69) is 20.8 Å². The highest BCUT2D eigenvalue weighted by Crippen LogP contribution is 2.27. The van der Waals surface area contributed by atoms with E-state index >= 15 is 0 Å². The molecule has 32 heavy (non-hydrogen) atoms. The molecule has 7 nitrogen and oxygen atoms in total. The molecule has 0 saturated heterocycles. The van der Waals surface area contributed by atoms with Crippen molar-refractivity contribution in [1.82, 2.24) is 0 Å². The van der Waals surface area contributed by atoms with Crippen LogP contribution in [0, 0.1) is 0 Å². The Morgan fingerprint density at radius 2 is 1.72 bits per heavy atom. The molecule has 3 aromatic rings. The van der Waals surface area contributed by atoms with E-state index in [0.29, 0.717) is 35.7 Å². The van der Waals surface area contributed by atoms with Crippen LogP contribution in [0.1, 0.15) is 33.3 Å². The lowest BCUT2D eigenvalue weighted by molar-refractivity contribution is -0.147. The molecule has 0 N–H and O–H groups in total. The largest absolute Gasteiger partial charge is 0.482 e. The minimum absolute atomic E-state index is 0.0283. The van der Waals surface area contributed by atoms with E-state index in [1.807, 2.05) is 31.2 Å². The SMILES string of the molecule is CCOCCOC(=O)COc1ccc2c(=O)c(Oc3ccc(C(C)(C)C)cc3)coc2c1. The van der Waals surface area contributed by atoms with Crippen molar-refractivity contribution in [2.45, 2.75) is 33.1 Å².